The van der Waals surface area contributed by atoms with Gasteiger partial charge >= 0.3 is 5.97 Å². The van der Waals surface area contributed by atoms with Gasteiger partial charge in [0.05, 0.1) is 7.11 Å². The van der Waals surface area contributed by atoms with Crippen LogP contribution in [0.5, 0.6) is 11.5 Å². The van der Waals surface area contributed by atoms with Crippen molar-refractivity contribution in [2.24, 2.45) is 0 Å². The number of rotatable bonds is 5. The molecule has 2 N–H and O–H groups in total. The third-order valence-electron chi connectivity index (χ3n) is 2.49. The van der Waals surface area contributed by atoms with Gasteiger partial charge in [0.2, 0.25) is 0 Å². The van der Waals surface area contributed by atoms with Crippen LogP contribution >= 0.6 is 0 Å². The van der Waals surface area contributed by atoms with Gasteiger partial charge < -0.3 is 14.9 Å². The molecule has 0 atom stereocenters. The van der Waals surface area contributed by atoms with Gasteiger partial charge in [-0.1, -0.05) is 0 Å². The Morgan fingerprint density at radius 2 is 2.18 bits per heavy atom. The lowest BCUT2D eigenvalue weighted by Gasteiger charge is -2.11. The summed E-state index contributed by atoms with van der Waals surface area (Å²) in [4.78, 5) is 10.3. The van der Waals surface area contributed by atoms with Crippen LogP contribution in [-0.2, 0) is 11.2 Å². The molecule has 0 unspecified atom stereocenters. The summed E-state index contributed by atoms with van der Waals surface area (Å²) in [6, 6.07) is 1.57. The van der Waals surface area contributed by atoms with Gasteiger partial charge in [-0.3, -0.25) is 4.79 Å². The van der Waals surface area contributed by atoms with E-state index in [4.69, 9.17) is 9.84 Å². The largest absolute Gasteiger partial charge is 0.502 e. The van der Waals surface area contributed by atoms with Gasteiger partial charge in [-0.05, 0) is 37.0 Å². The summed E-state index contributed by atoms with van der Waals surface area (Å²) in [5, 5.41) is 18.0. The zero-order valence-corrected chi connectivity index (χ0v) is 9.79. The number of phenols is 1. The first-order valence-electron chi connectivity index (χ1n) is 5.24. The maximum absolute atomic E-state index is 13.7. The fourth-order valence-corrected chi connectivity index (χ4v) is 1.70. The fraction of sp³-hybridized carbons (Fsp3) is 0.417. The monoisotopic (exact) mass is 242 g/mol. The first kappa shape index (κ1) is 13.3. The third kappa shape index (κ3) is 3.09. The number of aliphatic carboxylic acids is 1. The van der Waals surface area contributed by atoms with Crippen LogP contribution in [0.1, 0.15) is 24.0 Å². The summed E-state index contributed by atoms with van der Waals surface area (Å²) in [5.41, 5.74) is 0.929. The molecular weight excluding hydrogens is 227 g/mol. The Morgan fingerprint density at radius 1 is 1.53 bits per heavy atom. The fourth-order valence-electron chi connectivity index (χ4n) is 1.70. The van der Waals surface area contributed by atoms with Crippen LogP contribution in [0, 0.1) is 12.7 Å². The molecule has 1 rings (SSSR count). The number of aryl methyl sites for hydroxylation is 2. The van der Waals surface area contributed by atoms with Crippen molar-refractivity contribution >= 4 is 5.97 Å². The number of methoxy groups -OCH3 is 1. The van der Waals surface area contributed by atoms with Crippen LogP contribution < -0.4 is 4.74 Å². The predicted octanol–water partition coefficient (Wildman–Crippen LogP) is 2.26. The minimum atomic E-state index is -0.917. The van der Waals surface area contributed by atoms with Crippen molar-refractivity contribution in [3.8, 4) is 11.5 Å². The standard InChI is InChI=1S/C12H15FO4/c1-7-6-8(4-3-5-9(14)15)10(13)11(16)12(7)17-2/h6,16H,3-5H2,1-2H3,(H,14,15). The first-order valence-corrected chi connectivity index (χ1v) is 5.24. The average molecular weight is 242 g/mol. The molecule has 17 heavy (non-hydrogen) atoms. The van der Waals surface area contributed by atoms with Crippen LogP contribution in [-0.4, -0.2) is 23.3 Å². The number of hydrogen-bond donors (Lipinski definition) is 2. The smallest absolute Gasteiger partial charge is 0.303 e. The van der Waals surface area contributed by atoms with Gasteiger partial charge in [-0.25, -0.2) is 4.39 Å². The molecule has 0 bridgehead atoms. The van der Waals surface area contributed by atoms with Crippen molar-refractivity contribution in [3.05, 3.63) is 23.0 Å². The summed E-state index contributed by atoms with van der Waals surface area (Å²) in [6.07, 6.45) is 0.583. The highest BCUT2D eigenvalue weighted by molar-refractivity contribution is 5.66. The Balaban J connectivity index is 2.90. The molecule has 0 saturated carbocycles. The van der Waals surface area contributed by atoms with Crippen molar-refractivity contribution in [1.29, 1.82) is 0 Å². The molecule has 0 aliphatic carbocycles. The Hall–Kier alpha value is -1.78. The number of benzene rings is 1. The molecule has 1 aromatic rings. The highest BCUT2D eigenvalue weighted by atomic mass is 19.1. The quantitative estimate of drug-likeness (QED) is 0.831. The van der Waals surface area contributed by atoms with E-state index in [9.17, 15) is 14.3 Å². The molecule has 0 saturated heterocycles. The number of hydrogen-bond acceptors (Lipinski definition) is 3. The zero-order chi connectivity index (χ0) is 13.0. The van der Waals surface area contributed by atoms with Gasteiger partial charge in [0.1, 0.15) is 0 Å². The molecule has 1 aromatic carbocycles. The summed E-state index contributed by atoms with van der Waals surface area (Å²) < 4.78 is 18.5. The Morgan fingerprint density at radius 3 is 2.71 bits per heavy atom. The molecule has 0 fully saturated rings. The summed E-state index contributed by atoms with van der Waals surface area (Å²) in [6.45, 7) is 1.69. The van der Waals surface area contributed by atoms with E-state index in [1.165, 1.54) is 7.11 Å². The molecule has 4 nitrogen and oxygen atoms in total. The van der Waals surface area contributed by atoms with Crippen LogP contribution in [0.2, 0.25) is 0 Å². The van der Waals surface area contributed by atoms with E-state index in [-0.39, 0.29) is 18.6 Å². The highest BCUT2D eigenvalue weighted by Gasteiger charge is 2.16. The summed E-state index contributed by atoms with van der Waals surface area (Å²) in [7, 11) is 1.35. The van der Waals surface area contributed by atoms with Crippen molar-refractivity contribution in [2.75, 3.05) is 7.11 Å². The zero-order valence-electron chi connectivity index (χ0n) is 9.79. The lowest BCUT2D eigenvalue weighted by Crippen LogP contribution is -2.00. The van der Waals surface area contributed by atoms with E-state index in [0.717, 1.165) is 0 Å². The molecule has 0 heterocycles. The Labute approximate surface area is 98.7 Å². The molecule has 0 aliphatic heterocycles. The second-order valence-corrected chi connectivity index (χ2v) is 3.80. The van der Waals surface area contributed by atoms with Crippen LogP contribution in [0.15, 0.2) is 6.07 Å². The number of carboxylic acids is 1. The van der Waals surface area contributed by atoms with E-state index in [1.54, 1.807) is 13.0 Å². The normalized spacial score (nSPS) is 10.3. The third-order valence-corrected chi connectivity index (χ3v) is 2.49. The number of carboxylic acid groups (broad SMARTS) is 1. The summed E-state index contributed by atoms with van der Waals surface area (Å²) >= 11 is 0. The molecule has 94 valence electrons. The van der Waals surface area contributed by atoms with Crippen molar-refractivity contribution in [2.45, 2.75) is 26.2 Å². The Kier molecular flexibility index (Phi) is 4.31. The summed E-state index contributed by atoms with van der Waals surface area (Å²) in [5.74, 6) is -2.06. The van der Waals surface area contributed by atoms with Crippen molar-refractivity contribution in [1.82, 2.24) is 0 Å². The Bertz CT molecular complexity index is 429. The number of phenolic OH excluding ortho intramolecular Hbond substituents is 1. The molecule has 0 aliphatic rings. The van der Waals surface area contributed by atoms with E-state index >= 15 is 0 Å². The van der Waals surface area contributed by atoms with E-state index < -0.39 is 17.5 Å². The van der Waals surface area contributed by atoms with Crippen molar-refractivity contribution < 1.29 is 24.1 Å². The highest BCUT2D eigenvalue weighted by Crippen LogP contribution is 2.35. The minimum absolute atomic E-state index is 0.0225. The molecule has 0 radical (unpaired) electrons. The molecular formula is C12H15FO4. The second kappa shape index (κ2) is 5.52. The van der Waals surface area contributed by atoms with Gasteiger partial charge in [0.15, 0.2) is 17.3 Å². The molecule has 0 amide bonds. The average Bonchev–Trinajstić information content (AvgIpc) is 2.25. The van der Waals surface area contributed by atoms with Crippen LogP contribution in [0.3, 0.4) is 0 Å². The van der Waals surface area contributed by atoms with Crippen molar-refractivity contribution in [3.63, 3.8) is 0 Å². The van der Waals surface area contributed by atoms with Gasteiger partial charge in [0.25, 0.3) is 0 Å². The first-order chi connectivity index (χ1) is 7.97. The van der Waals surface area contributed by atoms with E-state index in [0.29, 0.717) is 17.5 Å². The molecule has 5 heteroatoms. The predicted molar refractivity (Wildman–Crippen MR) is 59.9 cm³/mol. The van der Waals surface area contributed by atoms with Gasteiger partial charge in [-0.15, -0.1) is 0 Å². The van der Waals surface area contributed by atoms with Crippen LogP contribution in [0.25, 0.3) is 0 Å². The number of ether oxygens (including phenoxy) is 1. The lowest BCUT2D eigenvalue weighted by atomic mass is 10.0. The number of carbonyl (C=O) groups is 1. The SMILES string of the molecule is COc1c(C)cc(CCCC(=O)O)c(F)c1O. The number of halogens is 1. The van der Waals surface area contributed by atoms with E-state index in [2.05, 4.69) is 0 Å². The second-order valence-electron chi connectivity index (χ2n) is 3.80. The topological polar surface area (TPSA) is 66.8 Å². The van der Waals surface area contributed by atoms with Gasteiger partial charge in [-0.2, -0.15) is 0 Å². The maximum atomic E-state index is 13.7. The van der Waals surface area contributed by atoms with Gasteiger partial charge in [0, 0.05) is 6.42 Å². The molecule has 0 spiro atoms. The van der Waals surface area contributed by atoms with E-state index in [1.807, 2.05) is 0 Å². The number of aromatic hydroxyl groups is 1. The lowest BCUT2D eigenvalue weighted by molar-refractivity contribution is -0.137. The van der Waals surface area contributed by atoms with Crippen LogP contribution in [0.4, 0.5) is 4.39 Å². The maximum Gasteiger partial charge on any atom is 0.303 e. The minimum Gasteiger partial charge on any atom is -0.502 e. The molecule has 0 aromatic heterocycles.